The zero-order valence-corrected chi connectivity index (χ0v) is 17.3. The molecule has 0 saturated carbocycles. The number of H-pyrrole nitrogens is 1. The number of primary amides is 1. The third-order valence-electron chi connectivity index (χ3n) is 5.63. The number of benzene rings is 3. The second-order valence-electron chi connectivity index (χ2n) is 7.62. The molecule has 1 aliphatic carbocycles. The highest BCUT2D eigenvalue weighted by Crippen LogP contribution is 2.32. The van der Waals surface area contributed by atoms with Crippen LogP contribution in [0.25, 0.3) is 22.4 Å². The third kappa shape index (κ3) is 3.60. The van der Waals surface area contributed by atoms with E-state index in [1.807, 2.05) is 24.3 Å². The number of fused-ring (bicyclic) bond motifs is 2. The molecule has 31 heavy (non-hydrogen) atoms. The van der Waals surface area contributed by atoms with E-state index in [-0.39, 0.29) is 10.9 Å². The average Bonchev–Trinajstić information content (AvgIpc) is 3.37. The molecule has 1 atom stereocenters. The van der Waals surface area contributed by atoms with Gasteiger partial charge in [-0.3, -0.25) is 4.79 Å². The standard InChI is InChI=1S/C23H20N4O3S/c24-22(28)16-8-12-20-21(13-16)26-23(25-20)15-5-9-17(10-6-15)31(29,30)27-19-11-7-14-3-1-2-4-18(14)19/h1-6,8-10,12-13,19,27H,7,11H2,(H2,24,28)(H,25,26)/t19-/m0/s1. The lowest BCUT2D eigenvalue weighted by molar-refractivity contribution is 0.100. The Morgan fingerprint density at radius 2 is 1.84 bits per heavy atom. The highest BCUT2D eigenvalue weighted by molar-refractivity contribution is 7.89. The summed E-state index contributed by atoms with van der Waals surface area (Å²) in [4.78, 5) is 19.2. The van der Waals surface area contributed by atoms with E-state index in [0.29, 0.717) is 22.4 Å². The van der Waals surface area contributed by atoms with Crippen LogP contribution < -0.4 is 10.5 Å². The molecule has 7 nitrogen and oxygen atoms in total. The number of imidazole rings is 1. The van der Waals surface area contributed by atoms with Crippen molar-refractivity contribution in [3.63, 3.8) is 0 Å². The molecule has 0 bridgehead atoms. The molecule has 0 saturated heterocycles. The summed E-state index contributed by atoms with van der Waals surface area (Å²) < 4.78 is 28.6. The molecule has 4 N–H and O–H groups in total. The SMILES string of the molecule is NC(=O)c1ccc2nc(-c3ccc(S(=O)(=O)N[C@H]4CCc5ccccc54)cc3)[nH]c2c1. The molecule has 8 heteroatoms. The maximum Gasteiger partial charge on any atom is 0.248 e. The summed E-state index contributed by atoms with van der Waals surface area (Å²) in [6, 6.07) is 19.3. The van der Waals surface area contributed by atoms with Gasteiger partial charge in [0.05, 0.1) is 15.9 Å². The molecular formula is C23H20N4O3S. The van der Waals surface area contributed by atoms with Gasteiger partial charge in [0.1, 0.15) is 5.82 Å². The first kappa shape index (κ1) is 19.5. The first-order valence-corrected chi connectivity index (χ1v) is 11.4. The van der Waals surface area contributed by atoms with Crippen LogP contribution in [0.2, 0.25) is 0 Å². The molecule has 3 aromatic carbocycles. The first-order chi connectivity index (χ1) is 14.9. The smallest absolute Gasteiger partial charge is 0.248 e. The van der Waals surface area contributed by atoms with Gasteiger partial charge in [-0.05, 0) is 66.4 Å². The van der Waals surface area contributed by atoms with Crippen LogP contribution in [0.5, 0.6) is 0 Å². The lowest BCUT2D eigenvalue weighted by atomic mass is 10.1. The number of sulfonamides is 1. The second-order valence-corrected chi connectivity index (χ2v) is 9.33. The van der Waals surface area contributed by atoms with Crippen molar-refractivity contribution in [2.45, 2.75) is 23.8 Å². The van der Waals surface area contributed by atoms with Crippen LogP contribution in [0.3, 0.4) is 0 Å². The summed E-state index contributed by atoms with van der Waals surface area (Å²) in [6.07, 6.45) is 1.62. The van der Waals surface area contributed by atoms with Crippen molar-refractivity contribution in [2.24, 2.45) is 5.73 Å². The largest absolute Gasteiger partial charge is 0.366 e. The van der Waals surface area contributed by atoms with Gasteiger partial charge in [0.15, 0.2) is 0 Å². The van der Waals surface area contributed by atoms with Gasteiger partial charge in [-0.25, -0.2) is 18.1 Å². The molecule has 0 fully saturated rings. The fraction of sp³-hybridized carbons (Fsp3) is 0.130. The molecule has 5 rings (SSSR count). The zero-order chi connectivity index (χ0) is 21.6. The molecule has 4 aromatic rings. The quantitative estimate of drug-likeness (QED) is 0.448. The lowest BCUT2D eigenvalue weighted by Gasteiger charge is -2.14. The Labute approximate surface area is 179 Å². The van der Waals surface area contributed by atoms with Gasteiger partial charge in [-0.2, -0.15) is 0 Å². The molecule has 1 amide bonds. The van der Waals surface area contributed by atoms with E-state index in [1.54, 1.807) is 42.5 Å². The Kier molecular flexibility index (Phi) is 4.60. The first-order valence-electron chi connectivity index (χ1n) is 9.91. The Bertz CT molecular complexity index is 1410. The van der Waals surface area contributed by atoms with Crippen LogP contribution in [-0.2, 0) is 16.4 Å². The van der Waals surface area contributed by atoms with Gasteiger partial charge in [-0.15, -0.1) is 0 Å². The fourth-order valence-corrected chi connectivity index (χ4v) is 5.28. The fourth-order valence-electron chi connectivity index (χ4n) is 4.03. The predicted molar refractivity (Wildman–Crippen MR) is 118 cm³/mol. The van der Waals surface area contributed by atoms with E-state index in [9.17, 15) is 13.2 Å². The Balaban J connectivity index is 1.39. The summed E-state index contributed by atoms with van der Waals surface area (Å²) in [5.41, 5.74) is 10.1. The van der Waals surface area contributed by atoms with Gasteiger partial charge < -0.3 is 10.7 Å². The number of hydrogen-bond donors (Lipinski definition) is 3. The maximum absolute atomic E-state index is 12.9. The number of aryl methyl sites for hydroxylation is 1. The number of amides is 1. The maximum atomic E-state index is 12.9. The summed E-state index contributed by atoms with van der Waals surface area (Å²) in [5, 5.41) is 0. The van der Waals surface area contributed by atoms with Crippen LogP contribution >= 0.6 is 0 Å². The minimum atomic E-state index is -3.66. The molecular weight excluding hydrogens is 412 g/mol. The molecule has 0 radical (unpaired) electrons. The summed E-state index contributed by atoms with van der Waals surface area (Å²) in [6.45, 7) is 0. The van der Waals surface area contributed by atoms with Crippen molar-refractivity contribution in [3.8, 4) is 11.4 Å². The summed E-state index contributed by atoms with van der Waals surface area (Å²) >= 11 is 0. The topological polar surface area (TPSA) is 118 Å². The minimum Gasteiger partial charge on any atom is -0.366 e. The van der Waals surface area contributed by atoms with Crippen LogP contribution in [0.1, 0.15) is 33.9 Å². The van der Waals surface area contributed by atoms with E-state index in [2.05, 4.69) is 14.7 Å². The van der Waals surface area contributed by atoms with Gasteiger partial charge in [0.25, 0.3) is 0 Å². The van der Waals surface area contributed by atoms with Crippen molar-refractivity contribution >= 4 is 27.0 Å². The number of carbonyl (C=O) groups excluding carboxylic acids is 1. The van der Waals surface area contributed by atoms with Crippen molar-refractivity contribution in [1.29, 1.82) is 0 Å². The molecule has 0 aliphatic heterocycles. The Morgan fingerprint density at radius 1 is 1.06 bits per heavy atom. The normalized spacial score (nSPS) is 15.8. The average molecular weight is 433 g/mol. The van der Waals surface area contributed by atoms with E-state index < -0.39 is 15.9 Å². The molecule has 0 unspecified atom stereocenters. The predicted octanol–water partition coefficient (Wildman–Crippen LogP) is 3.29. The number of nitrogens with two attached hydrogens (primary N) is 1. The Morgan fingerprint density at radius 3 is 2.61 bits per heavy atom. The number of nitrogens with one attached hydrogen (secondary N) is 2. The summed E-state index contributed by atoms with van der Waals surface area (Å²) in [5.74, 6) is 0.0724. The molecule has 1 aromatic heterocycles. The molecule has 1 aliphatic rings. The number of aromatic amines is 1. The highest BCUT2D eigenvalue weighted by Gasteiger charge is 2.27. The number of rotatable bonds is 5. The van der Waals surface area contributed by atoms with E-state index in [1.165, 1.54) is 5.56 Å². The van der Waals surface area contributed by atoms with Crippen LogP contribution in [0, 0.1) is 0 Å². The summed E-state index contributed by atoms with van der Waals surface area (Å²) in [7, 11) is -3.66. The van der Waals surface area contributed by atoms with Gasteiger partial charge >= 0.3 is 0 Å². The minimum absolute atomic E-state index is 0.202. The van der Waals surface area contributed by atoms with Crippen molar-refractivity contribution in [3.05, 3.63) is 83.4 Å². The number of hydrogen-bond acceptors (Lipinski definition) is 4. The van der Waals surface area contributed by atoms with E-state index in [0.717, 1.165) is 24.0 Å². The van der Waals surface area contributed by atoms with Gasteiger partial charge in [-0.1, -0.05) is 24.3 Å². The number of carbonyl (C=O) groups is 1. The zero-order valence-electron chi connectivity index (χ0n) is 16.5. The third-order valence-corrected chi connectivity index (χ3v) is 7.12. The van der Waals surface area contributed by atoms with Crippen LogP contribution in [0.4, 0.5) is 0 Å². The van der Waals surface area contributed by atoms with Crippen molar-refractivity contribution < 1.29 is 13.2 Å². The second kappa shape index (κ2) is 7.33. The van der Waals surface area contributed by atoms with Crippen molar-refractivity contribution in [2.75, 3.05) is 0 Å². The lowest BCUT2D eigenvalue weighted by Crippen LogP contribution is -2.27. The van der Waals surface area contributed by atoms with Gasteiger partial charge in [0.2, 0.25) is 15.9 Å². The number of nitrogens with zero attached hydrogens (tertiary/aromatic N) is 1. The monoisotopic (exact) mass is 432 g/mol. The Hall–Kier alpha value is -3.49. The molecule has 156 valence electrons. The van der Waals surface area contributed by atoms with E-state index in [4.69, 9.17) is 5.73 Å². The van der Waals surface area contributed by atoms with E-state index >= 15 is 0 Å². The van der Waals surface area contributed by atoms with Crippen molar-refractivity contribution in [1.82, 2.24) is 14.7 Å². The highest BCUT2D eigenvalue weighted by atomic mass is 32.2. The van der Waals surface area contributed by atoms with Gasteiger partial charge in [0, 0.05) is 17.2 Å². The van der Waals surface area contributed by atoms with Crippen LogP contribution in [0.15, 0.2) is 71.6 Å². The molecule has 1 heterocycles. The van der Waals surface area contributed by atoms with Crippen LogP contribution in [-0.4, -0.2) is 24.3 Å². The number of aromatic nitrogens is 2. The molecule has 0 spiro atoms.